The van der Waals surface area contributed by atoms with Gasteiger partial charge >= 0.3 is 0 Å². The van der Waals surface area contributed by atoms with Gasteiger partial charge in [-0.3, -0.25) is 4.79 Å². The number of benzene rings is 3. The van der Waals surface area contributed by atoms with Crippen molar-refractivity contribution < 1.29 is 4.79 Å². The van der Waals surface area contributed by atoms with E-state index in [-0.39, 0.29) is 5.78 Å². The number of para-hydroxylation sites is 1. The summed E-state index contributed by atoms with van der Waals surface area (Å²) in [7, 11) is 0. The summed E-state index contributed by atoms with van der Waals surface area (Å²) in [6, 6.07) is 25.6. The lowest BCUT2D eigenvalue weighted by Gasteiger charge is -2.35. The van der Waals surface area contributed by atoms with Crippen LogP contribution in [0.4, 0.5) is 5.69 Å². The van der Waals surface area contributed by atoms with Gasteiger partial charge in [-0.2, -0.15) is 10.5 Å². The number of nitriles is 2. The van der Waals surface area contributed by atoms with Crippen molar-refractivity contribution in [1.82, 2.24) is 0 Å². The van der Waals surface area contributed by atoms with Crippen molar-refractivity contribution in [3.63, 3.8) is 0 Å². The van der Waals surface area contributed by atoms with Crippen LogP contribution in [-0.2, 0) is 0 Å². The molecule has 1 saturated heterocycles. The second-order valence-electron chi connectivity index (χ2n) is 8.54. The van der Waals surface area contributed by atoms with Crippen LogP contribution in [0.15, 0.2) is 78.9 Å². The standard InChI is InChI=1S/C28H20ClN3O/c1-18-10-12-20(13-11-18)27(33)26-25(21-7-3-4-8-22(21)29)28(16-30,17-31)24-15-14-19-6-2-5-9-23(19)32(24)26/h2-15,24-26H,1H3/t24-,25-,26-/m0/s1. The van der Waals surface area contributed by atoms with Gasteiger partial charge in [-0.25, -0.2) is 0 Å². The Balaban J connectivity index is 1.80. The van der Waals surface area contributed by atoms with Crippen LogP contribution in [0.2, 0.25) is 5.02 Å². The van der Waals surface area contributed by atoms with Crippen LogP contribution in [-0.4, -0.2) is 17.9 Å². The first-order chi connectivity index (χ1) is 16.0. The predicted molar refractivity (Wildman–Crippen MR) is 129 cm³/mol. The monoisotopic (exact) mass is 449 g/mol. The first-order valence-corrected chi connectivity index (χ1v) is 11.1. The van der Waals surface area contributed by atoms with Crippen LogP contribution in [0, 0.1) is 35.0 Å². The van der Waals surface area contributed by atoms with E-state index in [4.69, 9.17) is 11.6 Å². The molecular weight excluding hydrogens is 430 g/mol. The molecule has 3 aromatic rings. The summed E-state index contributed by atoms with van der Waals surface area (Å²) in [5.74, 6) is -0.877. The molecule has 33 heavy (non-hydrogen) atoms. The van der Waals surface area contributed by atoms with Gasteiger partial charge in [-0.1, -0.05) is 90.0 Å². The van der Waals surface area contributed by atoms with Gasteiger partial charge in [0.25, 0.3) is 0 Å². The van der Waals surface area contributed by atoms with E-state index in [1.165, 1.54) is 0 Å². The minimum absolute atomic E-state index is 0.137. The van der Waals surface area contributed by atoms with E-state index in [9.17, 15) is 15.3 Å². The number of hydrogen-bond donors (Lipinski definition) is 0. The Morgan fingerprint density at radius 3 is 2.33 bits per heavy atom. The fraction of sp³-hybridized carbons (Fsp3) is 0.179. The van der Waals surface area contributed by atoms with Crippen LogP contribution in [0.3, 0.4) is 0 Å². The average Bonchev–Trinajstić information content (AvgIpc) is 3.15. The van der Waals surface area contributed by atoms with Gasteiger partial charge < -0.3 is 4.90 Å². The zero-order valence-corrected chi connectivity index (χ0v) is 18.7. The molecule has 0 unspecified atom stereocenters. The van der Waals surface area contributed by atoms with Crippen molar-refractivity contribution in [1.29, 1.82) is 10.5 Å². The molecule has 160 valence electrons. The molecule has 3 aromatic carbocycles. The van der Waals surface area contributed by atoms with E-state index in [1.807, 2.05) is 72.5 Å². The molecule has 0 bridgehead atoms. The Kier molecular flexibility index (Phi) is 5.05. The number of carbonyl (C=O) groups is 1. The number of aryl methyl sites for hydroxylation is 1. The van der Waals surface area contributed by atoms with E-state index in [0.29, 0.717) is 16.1 Å². The Morgan fingerprint density at radius 1 is 0.970 bits per heavy atom. The summed E-state index contributed by atoms with van der Waals surface area (Å²) in [5, 5.41) is 21.3. The summed E-state index contributed by atoms with van der Waals surface area (Å²) in [4.78, 5) is 16.1. The minimum atomic E-state index is -1.50. The van der Waals surface area contributed by atoms with Crippen LogP contribution in [0.25, 0.3) is 6.08 Å². The van der Waals surface area contributed by atoms with E-state index < -0.39 is 23.4 Å². The number of carbonyl (C=O) groups excluding carboxylic acids is 1. The lowest BCUT2D eigenvalue weighted by atomic mass is 9.69. The Bertz CT molecular complexity index is 1350. The van der Waals surface area contributed by atoms with Crippen molar-refractivity contribution in [2.24, 2.45) is 5.41 Å². The number of fused-ring (bicyclic) bond motifs is 3. The van der Waals surface area contributed by atoms with E-state index >= 15 is 0 Å². The molecule has 0 aromatic heterocycles. The van der Waals surface area contributed by atoms with Gasteiger partial charge in [0.05, 0.1) is 18.2 Å². The number of Topliss-reactive ketones (excluding diaryl/α,β-unsaturated/α-hetero) is 1. The molecule has 3 atom stereocenters. The highest BCUT2D eigenvalue weighted by atomic mass is 35.5. The van der Waals surface area contributed by atoms with Gasteiger partial charge in [-0.15, -0.1) is 0 Å². The summed E-state index contributed by atoms with van der Waals surface area (Å²) in [6.07, 6.45) is 3.81. The largest absolute Gasteiger partial charge is 0.351 e. The topological polar surface area (TPSA) is 67.9 Å². The zero-order valence-electron chi connectivity index (χ0n) is 17.9. The first kappa shape index (κ1) is 21.0. The fourth-order valence-corrected chi connectivity index (χ4v) is 5.45. The number of hydrogen-bond acceptors (Lipinski definition) is 4. The minimum Gasteiger partial charge on any atom is -0.351 e. The van der Waals surface area contributed by atoms with E-state index in [2.05, 4.69) is 12.1 Å². The van der Waals surface area contributed by atoms with Gasteiger partial charge in [0.15, 0.2) is 11.2 Å². The zero-order chi connectivity index (χ0) is 23.2. The van der Waals surface area contributed by atoms with Crippen LogP contribution >= 0.6 is 11.6 Å². The Hall–Kier alpha value is -3.86. The molecule has 0 radical (unpaired) electrons. The number of anilines is 1. The molecule has 2 heterocycles. The lowest BCUT2D eigenvalue weighted by Crippen LogP contribution is -2.44. The van der Waals surface area contributed by atoms with Crippen LogP contribution < -0.4 is 4.90 Å². The lowest BCUT2D eigenvalue weighted by molar-refractivity contribution is 0.0951. The molecule has 0 saturated carbocycles. The third kappa shape index (κ3) is 3.07. The molecule has 0 aliphatic carbocycles. The molecule has 5 rings (SSSR count). The molecule has 0 N–H and O–H groups in total. The smallest absolute Gasteiger partial charge is 0.185 e. The SMILES string of the molecule is Cc1ccc(C(=O)[C@@H]2[C@H](c3ccccc3Cl)C(C#N)(C#N)[C@@H]3C=Cc4ccccc4N23)cc1. The normalized spacial score (nSPS) is 22.1. The van der Waals surface area contributed by atoms with Crippen molar-refractivity contribution in [2.75, 3.05) is 4.90 Å². The maximum Gasteiger partial charge on any atom is 0.185 e. The van der Waals surface area contributed by atoms with Crippen molar-refractivity contribution >= 4 is 29.1 Å². The first-order valence-electron chi connectivity index (χ1n) is 10.7. The van der Waals surface area contributed by atoms with Gasteiger partial charge in [0, 0.05) is 22.2 Å². The highest BCUT2D eigenvalue weighted by Crippen LogP contribution is 2.56. The highest BCUT2D eigenvalue weighted by Gasteiger charge is 2.63. The second-order valence-corrected chi connectivity index (χ2v) is 8.94. The van der Waals surface area contributed by atoms with Crippen LogP contribution in [0.1, 0.15) is 33.0 Å². The molecular formula is C28H20ClN3O. The molecule has 2 aliphatic heterocycles. The second kappa shape index (κ2) is 7.93. The number of rotatable bonds is 3. The average molecular weight is 450 g/mol. The third-order valence-corrected chi connectivity index (χ3v) is 7.10. The van der Waals surface area contributed by atoms with Gasteiger partial charge in [0.1, 0.15) is 6.04 Å². The Morgan fingerprint density at radius 2 is 1.64 bits per heavy atom. The number of ketones is 1. The number of halogens is 1. The molecule has 5 heteroatoms. The quantitative estimate of drug-likeness (QED) is 0.464. The van der Waals surface area contributed by atoms with Gasteiger partial charge in [-0.05, 0) is 30.2 Å². The van der Waals surface area contributed by atoms with Crippen molar-refractivity contribution in [3.05, 3.63) is 106 Å². The highest BCUT2D eigenvalue weighted by molar-refractivity contribution is 6.31. The van der Waals surface area contributed by atoms with Gasteiger partial charge in [0.2, 0.25) is 0 Å². The van der Waals surface area contributed by atoms with Crippen molar-refractivity contribution in [3.8, 4) is 12.1 Å². The maximum atomic E-state index is 14.1. The third-order valence-electron chi connectivity index (χ3n) is 6.76. The number of nitrogens with zero attached hydrogens (tertiary/aromatic N) is 3. The summed E-state index contributed by atoms with van der Waals surface area (Å²) < 4.78 is 0. The van der Waals surface area contributed by atoms with E-state index in [0.717, 1.165) is 16.8 Å². The maximum absolute atomic E-state index is 14.1. The molecule has 0 amide bonds. The summed E-state index contributed by atoms with van der Waals surface area (Å²) in [5.41, 5.74) is 2.50. The summed E-state index contributed by atoms with van der Waals surface area (Å²) >= 11 is 6.61. The molecule has 2 aliphatic rings. The van der Waals surface area contributed by atoms with E-state index in [1.54, 1.807) is 24.3 Å². The molecule has 0 spiro atoms. The molecule has 4 nitrogen and oxygen atoms in total. The Labute approximate surface area is 198 Å². The van der Waals surface area contributed by atoms with Crippen molar-refractivity contribution in [2.45, 2.75) is 24.9 Å². The summed E-state index contributed by atoms with van der Waals surface area (Å²) in [6.45, 7) is 1.97. The van der Waals surface area contributed by atoms with Crippen LogP contribution in [0.5, 0.6) is 0 Å². The fourth-order valence-electron chi connectivity index (χ4n) is 5.19. The molecule has 1 fully saturated rings. The predicted octanol–water partition coefficient (Wildman–Crippen LogP) is 5.93.